The summed E-state index contributed by atoms with van der Waals surface area (Å²) >= 11 is 0. The molecule has 0 spiro atoms. The van der Waals surface area contributed by atoms with Gasteiger partial charge in [-0.1, -0.05) is 74.5 Å². The Bertz CT molecular complexity index is 355. The number of hydrogen-bond acceptors (Lipinski definition) is 1. The van der Waals surface area contributed by atoms with Gasteiger partial charge in [-0.3, -0.25) is 0 Å². The summed E-state index contributed by atoms with van der Waals surface area (Å²) in [5, 5.41) is 0. The molecule has 0 aliphatic heterocycles. The topological polar surface area (TPSA) is 9.23 Å². The smallest absolute Gasteiger partial charge is 0.107 e. The lowest BCUT2D eigenvalue weighted by atomic mass is 10.0. The first kappa shape index (κ1) is 13.5. The van der Waals surface area contributed by atoms with E-state index in [-0.39, 0.29) is 6.10 Å². The Morgan fingerprint density at radius 2 is 1.06 bits per heavy atom. The molecule has 0 aromatic heterocycles. The second-order valence-corrected chi connectivity index (χ2v) is 3.44. The van der Waals surface area contributed by atoms with Gasteiger partial charge in [0.25, 0.3) is 0 Å². The third-order valence-electron chi connectivity index (χ3n) is 2.44. The van der Waals surface area contributed by atoms with Gasteiger partial charge >= 0.3 is 0 Å². The van der Waals surface area contributed by atoms with Crippen molar-refractivity contribution in [2.45, 2.75) is 20.0 Å². The number of ether oxygens (including phenoxy) is 1. The minimum Gasteiger partial charge on any atom is -0.372 e. The first-order valence-corrected chi connectivity index (χ1v) is 6.04. The van der Waals surface area contributed by atoms with Gasteiger partial charge < -0.3 is 4.74 Å². The lowest BCUT2D eigenvalue weighted by molar-refractivity contribution is 0.136. The maximum absolute atomic E-state index is 5.52. The molecular weight excluding hydrogens is 208 g/mol. The van der Waals surface area contributed by atoms with Crippen LogP contribution in [-0.2, 0) is 4.74 Å². The molecule has 0 saturated carbocycles. The number of methoxy groups -OCH3 is 1. The molecule has 0 amide bonds. The second-order valence-electron chi connectivity index (χ2n) is 3.44. The Hall–Kier alpha value is -1.60. The highest BCUT2D eigenvalue weighted by molar-refractivity contribution is 5.29. The third-order valence-corrected chi connectivity index (χ3v) is 2.44. The summed E-state index contributed by atoms with van der Waals surface area (Å²) in [6.07, 6.45) is 0.0346. The van der Waals surface area contributed by atoms with Gasteiger partial charge in [-0.2, -0.15) is 0 Å². The molecule has 0 aliphatic carbocycles. The molecule has 0 saturated heterocycles. The quantitative estimate of drug-likeness (QED) is 0.754. The van der Waals surface area contributed by atoms with Crippen LogP contribution in [0.5, 0.6) is 0 Å². The van der Waals surface area contributed by atoms with Crippen LogP contribution in [0.1, 0.15) is 31.1 Å². The molecule has 0 atom stereocenters. The average molecular weight is 228 g/mol. The molecule has 90 valence electrons. The normalized spacial score (nSPS) is 9.65. The summed E-state index contributed by atoms with van der Waals surface area (Å²) in [5.74, 6) is 0. The predicted molar refractivity (Wildman–Crippen MR) is 73.1 cm³/mol. The van der Waals surface area contributed by atoms with Crippen molar-refractivity contribution >= 4 is 0 Å². The molecule has 0 heterocycles. The van der Waals surface area contributed by atoms with E-state index in [1.54, 1.807) is 7.11 Å². The van der Waals surface area contributed by atoms with Gasteiger partial charge in [0.2, 0.25) is 0 Å². The summed E-state index contributed by atoms with van der Waals surface area (Å²) in [6.45, 7) is 4.00. The molecule has 2 rings (SSSR count). The number of rotatable bonds is 3. The van der Waals surface area contributed by atoms with Crippen LogP contribution in [0.2, 0.25) is 0 Å². The second kappa shape index (κ2) is 7.64. The molecule has 0 bridgehead atoms. The van der Waals surface area contributed by atoms with Gasteiger partial charge in [-0.15, -0.1) is 0 Å². The minimum absolute atomic E-state index is 0.0346. The van der Waals surface area contributed by atoms with E-state index in [0.717, 1.165) is 0 Å². The lowest BCUT2D eigenvalue weighted by Crippen LogP contribution is -2.02. The van der Waals surface area contributed by atoms with Gasteiger partial charge in [0.1, 0.15) is 6.10 Å². The summed E-state index contributed by atoms with van der Waals surface area (Å²) in [7, 11) is 1.74. The fourth-order valence-electron chi connectivity index (χ4n) is 1.72. The van der Waals surface area contributed by atoms with Crippen molar-refractivity contribution in [2.75, 3.05) is 7.11 Å². The maximum Gasteiger partial charge on any atom is 0.107 e. The van der Waals surface area contributed by atoms with Gasteiger partial charge in [-0.05, 0) is 11.1 Å². The van der Waals surface area contributed by atoms with Crippen LogP contribution < -0.4 is 0 Å². The number of benzene rings is 2. The van der Waals surface area contributed by atoms with Crippen LogP contribution in [0, 0.1) is 0 Å². The van der Waals surface area contributed by atoms with E-state index in [1.165, 1.54) is 11.1 Å². The van der Waals surface area contributed by atoms with Crippen molar-refractivity contribution in [3.63, 3.8) is 0 Å². The van der Waals surface area contributed by atoms with Crippen molar-refractivity contribution < 1.29 is 4.74 Å². The fourth-order valence-corrected chi connectivity index (χ4v) is 1.72. The largest absolute Gasteiger partial charge is 0.372 e. The molecule has 2 aromatic carbocycles. The summed E-state index contributed by atoms with van der Waals surface area (Å²) in [4.78, 5) is 0. The Morgan fingerprint density at radius 3 is 1.35 bits per heavy atom. The van der Waals surface area contributed by atoms with Crippen molar-refractivity contribution in [1.29, 1.82) is 0 Å². The van der Waals surface area contributed by atoms with Gasteiger partial charge in [0, 0.05) is 7.11 Å². The third kappa shape index (κ3) is 3.72. The van der Waals surface area contributed by atoms with E-state index in [4.69, 9.17) is 4.74 Å². The molecule has 1 heteroatoms. The Labute approximate surface area is 104 Å². The molecule has 2 aromatic rings. The lowest BCUT2D eigenvalue weighted by Gasteiger charge is -2.15. The zero-order valence-electron chi connectivity index (χ0n) is 10.8. The van der Waals surface area contributed by atoms with E-state index in [9.17, 15) is 0 Å². The Morgan fingerprint density at radius 1 is 0.706 bits per heavy atom. The molecule has 0 N–H and O–H groups in total. The van der Waals surface area contributed by atoms with Crippen LogP contribution in [0.15, 0.2) is 60.7 Å². The fraction of sp³-hybridized carbons (Fsp3) is 0.250. The van der Waals surface area contributed by atoms with Crippen LogP contribution in [0.25, 0.3) is 0 Å². The van der Waals surface area contributed by atoms with E-state index in [1.807, 2.05) is 50.2 Å². The standard InChI is InChI=1S/C14H14O.C2H6/c1-15-14(12-8-4-2-5-9-12)13-10-6-3-7-11-13;1-2/h2-11,14H,1H3;1-2H3. The van der Waals surface area contributed by atoms with Crippen molar-refractivity contribution in [3.8, 4) is 0 Å². The maximum atomic E-state index is 5.52. The van der Waals surface area contributed by atoms with Gasteiger partial charge in [0.05, 0.1) is 0 Å². The van der Waals surface area contributed by atoms with Crippen molar-refractivity contribution in [1.82, 2.24) is 0 Å². The van der Waals surface area contributed by atoms with Crippen LogP contribution in [0.4, 0.5) is 0 Å². The average Bonchev–Trinajstić information content (AvgIpc) is 2.44. The Balaban J connectivity index is 0.000000686. The predicted octanol–water partition coefficient (Wildman–Crippen LogP) is 4.45. The summed E-state index contributed by atoms with van der Waals surface area (Å²) < 4.78 is 5.52. The van der Waals surface area contributed by atoms with Crippen molar-refractivity contribution in [3.05, 3.63) is 71.8 Å². The van der Waals surface area contributed by atoms with Gasteiger partial charge in [0.15, 0.2) is 0 Å². The minimum atomic E-state index is 0.0346. The highest BCUT2D eigenvalue weighted by Crippen LogP contribution is 2.24. The van der Waals surface area contributed by atoms with Crippen LogP contribution in [0.3, 0.4) is 0 Å². The van der Waals surface area contributed by atoms with Crippen molar-refractivity contribution in [2.24, 2.45) is 0 Å². The zero-order valence-corrected chi connectivity index (χ0v) is 10.8. The van der Waals surface area contributed by atoms with E-state index >= 15 is 0 Å². The highest BCUT2D eigenvalue weighted by Gasteiger charge is 2.11. The van der Waals surface area contributed by atoms with Gasteiger partial charge in [-0.25, -0.2) is 0 Å². The number of hydrogen-bond donors (Lipinski definition) is 0. The highest BCUT2D eigenvalue weighted by atomic mass is 16.5. The first-order chi connectivity index (χ1) is 8.42. The molecule has 0 fully saturated rings. The van der Waals surface area contributed by atoms with Crippen LogP contribution >= 0.6 is 0 Å². The zero-order chi connectivity index (χ0) is 12.5. The molecule has 17 heavy (non-hydrogen) atoms. The van der Waals surface area contributed by atoms with E-state index < -0.39 is 0 Å². The van der Waals surface area contributed by atoms with E-state index in [2.05, 4.69) is 24.3 Å². The molecular formula is C16H20O. The summed E-state index contributed by atoms with van der Waals surface area (Å²) in [6, 6.07) is 20.5. The molecule has 0 unspecified atom stereocenters. The molecule has 1 nitrogen and oxygen atoms in total. The Kier molecular flexibility index (Phi) is 6.05. The molecule has 0 aliphatic rings. The molecule has 0 radical (unpaired) electrons. The van der Waals surface area contributed by atoms with Crippen LogP contribution in [-0.4, -0.2) is 7.11 Å². The van der Waals surface area contributed by atoms with E-state index in [0.29, 0.717) is 0 Å². The first-order valence-electron chi connectivity index (χ1n) is 6.04. The summed E-state index contributed by atoms with van der Waals surface area (Å²) in [5.41, 5.74) is 2.37. The SMILES string of the molecule is CC.COC(c1ccccc1)c1ccccc1. The monoisotopic (exact) mass is 228 g/mol.